The molecule has 1 aromatic carbocycles. The molecule has 0 radical (unpaired) electrons. The van der Waals surface area contributed by atoms with Crippen molar-refractivity contribution in [3.8, 4) is 11.3 Å². The number of halogens is 1. The number of hydrogen-bond donors (Lipinski definition) is 1. The Kier molecular flexibility index (Phi) is 3.66. The average molecular weight is 327 g/mol. The fourth-order valence-corrected chi connectivity index (χ4v) is 2.19. The van der Waals surface area contributed by atoms with Crippen molar-refractivity contribution in [2.45, 2.75) is 13.0 Å². The van der Waals surface area contributed by atoms with Crippen LogP contribution in [0.3, 0.4) is 0 Å². The smallest absolute Gasteiger partial charge is 0.135 e. The first-order chi connectivity index (χ1) is 7.72. The van der Waals surface area contributed by atoms with Crippen LogP contribution in [0.4, 0.5) is 0 Å². The Bertz CT molecular complexity index is 478. The van der Waals surface area contributed by atoms with E-state index in [0.717, 1.165) is 17.1 Å². The van der Waals surface area contributed by atoms with Crippen LogP contribution >= 0.6 is 22.6 Å². The molecule has 0 amide bonds. The molecule has 0 fully saturated rings. The Hall–Kier alpha value is -0.810. The SMILES string of the molecule is CNC(C)c1ccc(-c2ccccc2I)o1. The number of benzene rings is 1. The lowest BCUT2D eigenvalue weighted by atomic mass is 10.2. The summed E-state index contributed by atoms with van der Waals surface area (Å²) in [6.07, 6.45) is 0. The van der Waals surface area contributed by atoms with Crippen molar-refractivity contribution in [2.24, 2.45) is 0 Å². The van der Waals surface area contributed by atoms with E-state index in [1.165, 1.54) is 3.57 Å². The zero-order valence-corrected chi connectivity index (χ0v) is 11.5. The second-order valence-corrected chi connectivity index (χ2v) is 4.85. The van der Waals surface area contributed by atoms with Crippen molar-refractivity contribution in [3.05, 3.63) is 45.7 Å². The summed E-state index contributed by atoms with van der Waals surface area (Å²) in [5.41, 5.74) is 1.15. The van der Waals surface area contributed by atoms with Crippen LogP contribution in [0.2, 0.25) is 0 Å². The predicted molar refractivity (Wildman–Crippen MR) is 74.3 cm³/mol. The summed E-state index contributed by atoms with van der Waals surface area (Å²) in [4.78, 5) is 0. The second kappa shape index (κ2) is 5.01. The van der Waals surface area contributed by atoms with Gasteiger partial charge < -0.3 is 9.73 Å². The molecule has 2 aromatic rings. The van der Waals surface area contributed by atoms with Gasteiger partial charge in [-0.25, -0.2) is 0 Å². The van der Waals surface area contributed by atoms with E-state index in [1.807, 2.05) is 31.3 Å². The Balaban J connectivity index is 2.35. The normalized spacial score (nSPS) is 12.7. The molecular weight excluding hydrogens is 313 g/mol. The van der Waals surface area contributed by atoms with Crippen molar-refractivity contribution in [1.82, 2.24) is 5.32 Å². The molecular formula is C13H14INO. The Morgan fingerprint density at radius 3 is 2.62 bits per heavy atom. The fourth-order valence-electron chi connectivity index (χ4n) is 1.53. The Morgan fingerprint density at radius 2 is 1.94 bits per heavy atom. The van der Waals surface area contributed by atoms with Gasteiger partial charge in [0.25, 0.3) is 0 Å². The van der Waals surface area contributed by atoms with Gasteiger partial charge in [-0.1, -0.05) is 18.2 Å². The lowest BCUT2D eigenvalue weighted by Crippen LogP contribution is -2.11. The molecule has 0 saturated heterocycles. The highest BCUT2D eigenvalue weighted by atomic mass is 127. The van der Waals surface area contributed by atoms with Crippen LogP contribution in [0.25, 0.3) is 11.3 Å². The molecule has 1 heterocycles. The average Bonchev–Trinajstić information content (AvgIpc) is 2.78. The minimum absolute atomic E-state index is 0.245. The maximum atomic E-state index is 5.84. The molecule has 1 unspecified atom stereocenters. The highest BCUT2D eigenvalue weighted by Gasteiger charge is 2.10. The Morgan fingerprint density at radius 1 is 1.19 bits per heavy atom. The summed E-state index contributed by atoms with van der Waals surface area (Å²) in [6, 6.07) is 12.5. The summed E-state index contributed by atoms with van der Waals surface area (Å²) < 4.78 is 7.04. The molecule has 3 heteroatoms. The van der Waals surface area contributed by atoms with Crippen molar-refractivity contribution in [2.75, 3.05) is 7.05 Å². The van der Waals surface area contributed by atoms with Crippen molar-refractivity contribution >= 4 is 22.6 Å². The van der Waals surface area contributed by atoms with E-state index in [4.69, 9.17) is 4.42 Å². The molecule has 84 valence electrons. The lowest BCUT2D eigenvalue weighted by Gasteiger charge is -2.06. The van der Waals surface area contributed by atoms with E-state index in [1.54, 1.807) is 0 Å². The predicted octanol–water partition coefficient (Wildman–Crippen LogP) is 3.83. The first kappa shape index (κ1) is 11.7. The highest BCUT2D eigenvalue weighted by molar-refractivity contribution is 14.1. The van der Waals surface area contributed by atoms with Gasteiger partial charge in [0.1, 0.15) is 11.5 Å². The van der Waals surface area contributed by atoms with Gasteiger partial charge in [-0.3, -0.25) is 0 Å². The third-order valence-electron chi connectivity index (χ3n) is 2.63. The number of hydrogen-bond acceptors (Lipinski definition) is 2. The van der Waals surface area contributed by atoms with Crippen LogP contribution in [0.15, 0.2) is 40.8 Å². The topological polar surface area (TPSA) is 25.2 Å². The van der Waals surface area contributed by atoms with Gasteiger partial charge in [-0.05, 0) is 54.8 Å². The van der Waals surface area contributed by atoms with E-state index in [0.29, 0.717) is 0 Å². The largest absolute Gasteiger partial charge is 0.459 e. The van der Waals surface area contributed by atoms with Crippen LogP contribution in [-0.2, 0) is 0 Å². The van der Waals surface area contributed by atoms with E-state index >= 15 is 0 Å². The first-order valence-electron chi connectivity index (χ1n) is 5.24. The van der Waals surface area contributed by atoms with Gasteiger partial charge in [-0.15, -0.1) is 0 Å². The van der Waals surface area contributed by atoms with E-state index < -0.39 is 0 Å². The quantitative estimate of drug-likeness (QED) is 0.867. The summed E-state index contributed by atoms with van der Waals surface area (Å²) >= 11 is 2.32. The molecule has 1 aromatic heterocycles. The van der Waals surface area contributed by atoms with Gasteiger partial charge >= 0.3 is 0 Å². The summed E-state index contributed by atoms with van der Waals surface area (Å²) in [7, 11) is 1.93. The van der Waals surface area contributed by atoms with Crippen LogP contribution in [0.1, 0.15) is 18.7 Å². The van der Waals surface area contributed by atoms with Crippen LogP contribution < -0.4 is 5.32 Å². The van der Waals surface area contributed by atoms with Crippen LogP contribution in [-0.4, -0.2) is 7.05 Å². The molecule has 0 aliphatic heterocycles. The molecule has 2 nitrogen and oxygen atoms in total. The number of furan rings is 1. The maximum Gasteiger partial charge on any atom is 0.135 e. The minimum atomic E-state index is 0.245. The van der Waals surface area contributed by atoms with Gasteiger partial charge in [-0.2, -0.15) is 0 Å². The second-order valence-electron chi connectivity index (χ2n) is 3.69. The van der Waals surface area contributed by atoms with Gasteiger partial charge in [0, 0.05) is 9.13 Å². The number of rotatable bonds is 3. The van der Waals surface area contributed by atoms with Crippen molar-refractivity contribution in [1.29, 1.82) is 0 Å². The molecule has 2 rings (SSSR count). The van der Waals surface area contributed by atoms with E-state index in [2.05, 4.69) is 47.0 Å². The third kappa shape index (κ3) is 2.30. The lowest BCUT2D eigenvalue weighted by molar-refractivity contribution is 0.458. The molecule has 0 aliphatic carbocycles. The van der Waals surface area contributed by atoms with Crippen molar-refractivity contribution < 1.29 is 4.42 Å². The third-order valence-corrected chi connectivity index (χ3v) is 3.57. The standard InChI is InChI=1S/C13H14INO/c1-9(15-2)12-7-8-13(16-12)10-5-3-4-6-11(10)14/h3-9,15H,1-2H3. The maximum absolute atomic E-state index is 5.84. The molecule has 0 spiro atoms. The fraction of sp³-hybridized carbons (Fsp3) is 0.231. The Labute approximate surface area is 109 Å². The van der Waals surface area contributed by atoms with Gasteiger partial charge in [0.15, 0.2) is 0 Å². The van der Waals surface area contributed by atoms with Crippen LogP contribution in [0.5, 0.6) is 0 Å². The summed E-state index contributed by atoms with van der Waals surface area (Å²) in [5, 5.41) is 3.16. The van der Waals surface area contributed by atoms with Gasteiger partial charge in [0.2, 0.25) is 0 Å². The summed E-state index contributed by atoms with van der Waals surface area (Å²) in [6.45, 7) is 2.08. The molecule has 1 atom stereocenters. The molecule has 0 saturated carbocycles. The molecule has 0 aliphatic rings. The van der Waals surface area contributed by atoms with Crippen molar-refractivity contribution in [3.63, 3.8) is 0 Å². The number of nitrogens with one attached hydrogen (secondary N) is 1. The monoisotopic (exact) mass is 327 g/mol. The molecule has 1 N–H and O–H groups in total. The van der Waals surface area contributed by atoms with E-state index in [9.17, 15) is 0 Å². The highest BCUT2D eigenvalue weighted by Crippen LogP contribution is 2.28. The van der Waals surface area contributed by atoms with Crippen LogP contribution in [0, 0.1) is 3.57 Å². The molecule has 16 heavy (non-hydrogen) atoms. The van der Waals surface area contributed by atoms with Gasteiger partial charge in [0.05, 0.1) is 6.04 Å². The first-order valence-corrected chi connectivity index (χ1v) is 6.32. The summed E-state index contributed by atoms with van der Waals surface area (Å²) in [5.74, 6) is 1.90. The molecule has 0 bridgehead atoms. The zero-order chi connectivity index (χ0) is 11.5. The minimum Gasteiger partial charge on any atom is -0.459 e. The zero-order valence-electron chi connectivity index (χ0n) is 9.33. The van der Waals surface area contributed by atoms with E-state index in [-0.39, 0.29) is 6.04 Å².